The number of amides is 1. The van der Waals surface area contributed by atoms with Crippen LogP contribution >= 0.6 is 0 Å². The molecule has 3 nitrogen and oxygen atoms in total. The van der Waals surface area contributed by atoms with E-state index >= 15 is 0 Å². The highest BCUT2D eigenvalue weighted by molar-refractivity contribution is 5.95. The molecule has 21 heavy (non-hydrogen) atoms. The maximum atomic E-state index is 12.7. The third-order valence-corrected chi connectivity index (χ3v) is 4.89. The van der Waals surface area contributed by atoms with Gasteiger partial charge >= 0.3 is 0 Å². The highest BCUT2D eigenvalue weighted by Gasteiger charge is 2.22. The fraction of sp³-hybridized carbons (Fsp3) is 0.611. The molecule has 1 N–H and O–H groups in total. The van der Waals surface area contributed by atoms with Crippen LogP contribution in [0.3, 0.4) is 0 Å². The maximum Gasteiger partial charge on any atom is 0.253 e. The molecule has 2 aliphatic heterocycles. The summed E-state index contributed by atoms with van der Waals surface area (Å²) in [6, 6.07) is 6.13. The Morgan fingerprint density at radius 1 is 1.33 bits per heavy atom. The van der Waals surface area contributed by atoms with Gasteiger partial charge < -0.3 is 10.2 Å². The number of hydrogen-bond acceptors (Lipinski definition) is 2. The number of anilines is 1. The Morgan fingerprint density at radius 2 is 2.24 bits per heavy atom. The minimum atomic E-state index is 0.224. The highest BCUT2D eigenvalue weighted by Crippen LogP contribution is 2.26. The largest absolute Gasteiger partial charge is 0.384 e. The molecule has 1 aromatic rings. The van der Waals surface area contributed by atoms with Crippen LogP contribution in [0.2, 0.25) is 0 Å². The van der Waals surface area contributed by atoms with E-state index < -0.39 is 0 Å². The molecule has 3 heteroatoms. The van der Waals surface area contributed by atoms with Crippen LogP contribution in [-0.4, -0.2) is 30.4 Å². The van der Waals surface area contributed by atoms with Crippen LogP contribution in [0.4, 0.5) is 5.69 Å². The summed E-state index contributed by atoms with van der Waals surface area (Å²) in [7, 11) is 0. The van der Waals surface area contributed by atoms with Crippen molar-refractivity contribution >= 4 is 11.6 Å². The van der Waals surface area contributed by atoms with E-state index in [0.717, 1.165) is 44.0 Å². The van der Waals surface area contributed by atoms with Crippen LogP contribution in [-0.2, 0) is 6.42 Å². The number of benzene rings is 1. The molecule has 0 spiro atoms. The molecule has 1 amide bonds. The van der Waals surface area contributed by atoms with E-state index in [-0.39, 0.29) is 5.91 Å². The van der Waals surface area contributed by atoms with Crippen LogP contribution in [0.1, 0.15) is 54.9 Å². The van der Waals surface area contributed by atoms with Crippen molar-refractivity contribution in [2.45, 2.75) is 45.4 Å². The third-order valence-electron chi connectivity index (χ3n) is 4.89. The van der Waals surface area contributed by atoms with Gasteiger partial charge in [-0.05, 0) is 55.4 Å². The second-order valence-corrected chi connectivity index (χ2v) is 6.43. The van der Waals surface area contributed by atoms with E-state index in [2.05, 4.69) is 29.3 Å². The number of likely N-dealkylation sites (tertiary alicyclic amines) is 1. The van der Waals surface area contributed by atoms with E-state index in [1.165, 1.54) is 36.9 Å². The summed E-state index contributed by atoms with van der Waals surface area (Å²) in [4.78, 5) is 14.8. The van der Waals surface area contributed by atoms with E-state index in [1.54, 1.807) is 0 Å². The maximum absolute atomic E-state index is 12.7. The summed E-state index contributed by atoms with van der Waals surface area (Å²) >= 11 is 0. The molecule has 3 rings (SSSR count). The zero-order valence-electron chi connectivity index (χ0n) is 13.0. The van der Waals surface area contributed by atoms with E-state index in [0.29, 0.717) is 0 Å². The van der Waals surface area contributed by atoms with Gasteiger partial charge in [0.25, 0.3) is 5.91 Å². The second kappa shape index (κ2) is 6.50. The summed E-state index contributed by atoms with van der Waals surface area (Å²) in [5, 5.41) is 3.35. The molecule has 1 fully saturated rings. The third kappa shape index (κ3) is 3.22. The summed E-state index contributed by atoms with van der Waals surface area (Å²) in [5.74, 6) is 1.04. The Balaban J connectivity index is 1.67. The smallest absolute Gasteiger partial charge is 0.253 e. The van der Waals surface area contributed by atoms with Crippen LogP contribution in [0.25, 0.3) is 0 Å². The number of hydrogen-bond donors (Lipinski definition) is 1. The Bertz CT molecular complexity index is 512. The van der Waals surface area contributed by atoms with Crippen molar-refractivity contribution in [2.24, 2.45) is 5.92 Å². The second-order valence-electron chi connectivity index (χ2n) is 6.43. The van der Waals surface area contributed by atoms with Gasteiger partial charge in [0.1, 0.15) is 0 Å². The van der Waals surface area contributed by atoms with E-state index in [4.69, 9.17) is 0 Å². The van der Waals surface area contributed by atoms with Gasteiger partial charge in [-0.15, -0.1) is 0 Å². The first-order chi connectivity index (χ1) is 10.3. The van der Waals surface area contributed by atoms with Crippen molar-refractivity contribution in [1.82, 2.24) is 4.90 Å². The highest BCUT2D eigenvalue weighted by atomic mass is 16.2. The standard InChI is InChI=1S/C18H26N2O/c1-2-4-14-5-3-11-20(12-9-14)18(21)16-6-7-17-15(13-16)8-10-19-17/h6-7,13-14,19H,2-5,8-12H2,1H3. The first-order valence-corrected chi connectivity index (χ1v) is 8.44. The van der Waals surface area contributed by atoms with Gasteiger partial charge in [-0.3, -0.25) is 4.79 Å². The quantitative estimate of drug-likeness (QED) is 0.919. The van der Waals surface area contributed by atoms with Gasteiger partial charge in [-0.2, -0.15) is 0 Å². The molecule has 0 aliphatic carbocycles. The number of nitrogens with one attached hydrogen (secondary N) is 1. The SMILES string of the molecule is CCCC1CCCN(C(=O)c2ccc3c(c2)CCN3)CC1. The molecule has 1 atom stereocenters. The Morgan fingerprint density at radius 3 is 3.10 bits per heavy atom. The van der Waals surface area contributed by atoms with Crippen molar-refractivity contribution in [3.05, 3.63) is 29.3 Å². The van der Waals surface area contributed by atoms with Crippen LogP contribution in [0, 0.1) is 5.92 Å². The van der Waals surface area contributed by atoms with Crippen LogP contribution in [0.5, 0.6) is 0 Å². The molecule has 1 unspecified atom stereocenters. The Labute approximate surface area is 127 Å². The molecule has 0 radical (unpaired) electrons. The summed E-state index contributed by atoms with van der Waals surface area (Å²) in [6.45, 7) is 5.11. The Kier molecular flexibility index (Phi) is 4.47. The lowest BCUT2D eigenvalue weighted by Crippen LogP contribution is -2.32. The number of carbonyl (C=O) groups excluding carboxylic acids is 1. The van der Waals surface area contributed by atoms with Crippen molar-refractivity contribution in [2.75, 3.05) is 25.0 Å². The number of fused-ring (bicyclic) bond motifs is 1. The van der Waals surface area contributed by atoms with Crippen molar-refractivity contribution < 1.29 is 4.79 Å². The minimum absolute atomic E-state index is 0.224. The lowest BCUT2D eigenvalue weighted by molar-refractivity contribution is 0.0760. The summed E-state index contributed by atoms with van der Waals surface area (Å²) in [6.07, 6.45) is 7.22. The van der Waals surface area contributed by atoms with E-state index in [9.17, 15) is 4.79 Å². The molecule has 0 bridgehead atoms. The molecule has 114 valence electrons. The van der Waals surface area contributed by atoms with Gasteiger partial charge in [-0.25, -0.2) is 0 Å². The molecular weight excluding hydrogens is 260 g/mol. The average Bonchev–Trinajstić information content (AvgIpc) is 2.85. The van der Waals surface area contributed by atoms with Crippen molar-refractivity contribution in [1.29, 1.82) is 0 Å². The van der Waals surface area contributed by atoms with Gasteiger partial charge in [-0.1, -0.05) is 19.8 Å². The molecule has 0 aromatic heterocycles. The normalized spacial score (nSPS) is 21.6. The number of carbonyl (C=O) groups is 1. The molecule has 1 aromatic carbocycles. The van der Waals surface area contributed by atoms with Gasteiger partial charge in [0.05, 0.1) is 0 Å². The van der Waals surface area contributed by atoms with Crippen molar-refractivity contribution in [3.63, 3.8) is 0 Å². The zero-order valence-corrected chi connectivity index (χ0v) is 13.0. The zero-order chi connectivity index (χ0) is 14.7. The summed E-state index contributed by atoms with van der Waals surface area (Å²) in [5.41, 5.74) is 3.36. The predicted molar refractivity (Wildman–Crippen MR) is 86.8 cm³/mol. The fourth-order valence-corrected chi connectivity index (χ4v) is 3.69. The molecule has 0 saturated carbocycles. The lowest BCUT2D eigenvalue weighted by Gasteiger charge is -2.21. The van der Waals surface area contributed by atoms with E-state index in [1.807, 2.05) is 6.07 Å². The van der Waals surface area contributed by atoms with Crippen LogP contribution in [0.15, 0.2) is 18.2 Å². The van der Waals surface area contributed by atoms with Gasteiger partial charge in [0.2, 0.25) is 0 Å². The van der Waals surface area contributed by atoms with Gasteiger partial charge in [0, 0.05) is 30.9 Å². The monoisotopic (exact) mass is 286 g/mol. The Hall–Kier alpha value is -1.51. The predicted octanol–water partition coefficient (Wildman–Crippen LogP) is 3.70. The number of rotatable bonds is 3. The van der Waals surface area contributed by atoms with Crippen molar-refractivity contribution in [3.8, 4) is 0 Å². The topological polar surface area (TPSA) is 32.3 Å². The molecule has 2 aliphatic rings. The molecule has 1 saturated heterocycles. The molecular formula is C18H26N2O. The lowest BCUT2D eigenvalue weighted by atomic mass is 9.96. The fourth-order valence-electron chi connectivity index (χ4n) is 3.69. The van der Waals surface area contributed by atoms with Gasteiger partial charge in [0.15, 0.2) is 0 Å². The first-order valence-electron chi connectivity index (χ1n) is 8.44. The van der Waals surface area contributed by atoms with Crippen LogP contribution < -0.4 is 5.32 Å². The first kappa shape index (κ1) is 14.4. The molecule has 2 heterocycles. The minimum Gasteiger partial charge on any atom is -0.384 e. The average molecular weight is 286 g/mol. The summed E-state index contributed by atoms with van der Waals surface area (Å²) < 4.78 is 0. The number of nitrogens with zero attached hydrogens (tertiary/aromatic N) is 1.